The smallest absolute Gasteiger partial charge is 0.306 e. The lowest BCUT2D eigenvalue weighted by Gasteiger charge is -2.41. The minimum Gasteiger partial charge on any atom is -0.454 e. The van der Waals surface area contributed by atoms with Gasteiger partial charge in [0.1, 0.15) is 5.60 Å². The first-order chi connectivity index (χ1) is 19.3. The van der Waals surface area contributed by atoms with Gasteiger partial charge in [0, 0.05) is 57.4 Å². The van der Waals surface area contributed by atoms with E-state index in [2.05, 4.69) is 17.0 Å². The molecule has 3 aromatic carbocycles. The summed E-state index contributed by atoms with van der Waals surface area (Å²) in [7, 11) is 1.85. The molecule has 4 rings (SSSR count). The van der Waals surface area contributed by atoms with Gasteiger partial charge < -0.3 is 14.5 Å². The number of piperidine rings is 1. The molecule has 40 heavy (non-hydrogen) atoms. The molecule has 1 atom stereocenters. The van der Waals surface area contributed by atoms with Crippen molar-refractivity contribution in [3.8, 4) is 0 Å². The Bertz CT molecular complexity index is 1260. The van der Waals surface area contributed by atoms with Gasteiger partial charge in [-0.15, -0.1) is 0 Å². The zero-order valence-electron chi connectivity index (χ0n) is 23.3. The van der Waals surface area contributed by atoms with Crippen LogP contribution in [0.25, 0.3) is 0 Å². The molecule has 0 saturated carbocycles. The molecule has 0 bridgehead atoms. The Kier molecular flexibility index (Phi) is 10.7. The van der Waals surface area contributed by atoms with E-state index in [1.54, 1.807) is 4.90 Å². The molecule has 5 nitrogen and oxygen atoms in total. The molecule has 1 unspecified atom stereocenters. The van der Waals surface area contributed by atoms with Crippen molar-refractivity contribution < 1.29 is 14.3 Å². The average Bonchev–Trinajstić information content (AvgIpc) is 2.99. The first-order valence-electron chi connectivity index (χ1n) is 14.1. The molecule has 1 saturated heterocycles. The van der Waals surface area contributed by atoms with Crippen LogP contribution in [0.3, 0.4) is 0 Å². The Morgan fingerprint density at radius 3 is 2.23 bits per heavy atom. The summed E-state index contributed by atoms with van der Waals surface area (Å²) in [6.45, 7) is 5.06. The fourth-order valence-electron chi connectivity index (χ4n) is 5.53. The van der Waals surface area contributed by atoms with Crippen LogP contribution in [0.5, 0.6) is 0 Å². The first-order valence-corrected chi connectivity index (χ1v) is 14.8. The van der Waals surface area contributed by atoms with Crippen LogP contribution in [0, 0.1) is 0 Å². The molecule has 1 amide bonds. The SMILES string of the molecule is CCC(=O)OC1(c2ccccc2)CCN(CCCC(CN(C)C(=O)c2ccccc2)c2ccc(Cl)c(Cl)c2)CC1. The number of amides is 1. The van der Waals surface area contributed by atoms with Crippen LogP contribution in [0.2, 0.25) is 10.0 Å². The lowest BCUT2D eigenvalue weighted by molar-refractivity contribution is -0.166. The average molecular weight is 582 g/mol. The molecule has 0 N–H and O–H groups in total. The summed E-state index contributed by atoms with van der Waals surface area (Å²) >= 11 is 12.6. The maximum Gasteiger partial charge on any atom is 0.306 e. The Labute approximate surface area is 248 Å². The number of hydrogen-bond donors (Lipinski definition) is 0. The van der Waals surface area contributed by atoms with Gasteiger partial charge in [-0.25, -0.2) is 0 Å². The predicted octanol–water partition coefficient (Wildman–Crippen LogP) is 7.57. The molecule has 1 aliphatic rings. The second-order valence-electron chi connectivity index (χ2n) is 10.6. The molecule has 0 aliphatic carbocycles. The van der Waals surface area contributed by atoms with Crippen LogP contribution < -0.4 is 0 Å². The van der Waals surface area contributed by atoms with E-state index in [9.17, 15) is 9.59 Å². The van der Waals surface area contributed by atoms with Crippen LogP contribution in [-0.4, -0.2) is 54.9 Å². The Morgan fingerprint density at radius 2 is 1.60 bits per heavy atom. The number of esters is 1. The van der Waals surface area contributed by atoms with Crippen LogP contribution in [0.15, 0.2) is 78.9 Å². The van der Waals surface area contributed by atoms with Gasteiger partial charge in [0.05, 0.1) is 10.0 Å². The minimum atomic E-state index is -0.562. The zero-order valence-corrected chi connectivity index (χ0v) is 24.8. The quantitative estimate of drug-likeness (QED) is 0.219. The summed E-state index contributed by atoms with van der Waals surface area (Å²) < 4.78 is 6.06. The highest BCUT2D eigenvalue weighted by Gasteiger charge is 2.39. The van der Waals surface area contributed by atoms with Gasteiger partial charge in [-0.2, -0.15) is 0 Å². The van der Waals surface area contributed by atoms with Gasteiger partial charge in [0.15, 0.2) is 0 Å². The van der Waals surface area contributed by atoms with Crippen molar-refractivity contribution in [2.75, 3.05) is 33.2 Å². The molecular weight excluding hydrogens is 543 g/mol. The summed E-state index contributed by atoms with van der Waals surface area (Å²) in [5.74, 6) is -0.0392. The van der Waals surface area contributed by atoms with Crippen LogP contribution in [-0.2, 0) is 15.1 Å². The lowest BCUT2D eigenvalue weighted by Crippen LogP contribution is -2.45. The van der Waals surface area contributed by atoms with E-state index >= 15 is 0 Å². The number of nitrogens with zero attached hydrogens (tertiary/aromatic N) is 2. The van der Waals surface area contributed by atoms with E-state index in [0.29, 0.717) is 28.6 Å². The molecule has 1 fully saturated rings. The third-order valence-electron chi connectivity index (χ3n) is 7.87. The molecule has 0 aromatic heterocycles. The summed E-state index contributed by atoms with van der Waals surface area (Å²) in [5, 5.41) is 1.05. The zero-order chi connectivity index (χ0) is 28.5. The van der Waals surface area contributed by atoms with E-state index in [0.717, 1.165) is 56.4 Å². The van der Waals surface area contributed by atoms with Gasteiger partial charge in [-0.1, -0.05) is 84.7 Å². The van der Waals surface area contributed by atoms with E-state index in [-0.39, 0.29) is 17.8 Å². The molecular formula is C33H38Cl2N2O3. The van der Waals surface area contributed by atoms with Crippen LogP contribution in [0.4, 0.5) is 0 Å². The highest BCUT2D eigenvalue weighted by Crippen LogP contribution is 2.37. The van der Waals surface area contributed by atoms with Crippen molar-refractivity contribution in [3.63, 3.8) is 0 Å². The topological polar surface area (TPSA) is 49.9 Å². The largest absolute Gasteiger partial charge is 0.454 e. The monoisotopic (exact) mass is 580 g/mol. The minimum absolute atomic E-state index is 0.000527. The van der Waals surface area contributed by atoms with E-state index < -0.39 is 5.60 Å². The van der Waals surface area contributed by atoms with Crippen molar-refractivity contribution in [3.05, 3.63) is 106 Å². The van der Waals surface area contributed by atoms with Crippen molar-refractivity contribution in [1.29, 1.82) is 0 Å². The predicted molar refractivity (Wildman–Crippen MR) is 162 cm³/mol. The molecule has 0 radical (unpaired) electrons. The Hall–Kier alpha value is -2.86. The molecule has 7 heteroatoms. The number of likely N-dealkylation sites (tertiary alicyclic amines) is 1. The Morgan fingerprint density at radius 1 is 0.950 bits per heavy atom. The second-order valence-corrected chi connectivity index (χ2v) is 11.4. The number of ether oxygens (including phenoxy) is 1. The van der Waals surface area contributed by atoms with Crippen molar-refractivity contribution >= 4 is 35.1 Å². The molecule has 0 spiro atoms. The number of rotatable bonds is 11. The first kappa shape index (κ1) is 30.1. The maximum atomic E-state index is 13.1. The highest BCUT2D eigenvalue weighted by atomic mass is 35.5. The fraction of sp³-hybridized carbons (Fsp3) is 0.394. The van der Waals surface area contributed by atoms with Gasteiger partial charge in [-0.3, -0.25) is 9.59 Å². The lowest BCUT2D eigenvalue weighted by atomic mass is 9.84. The summed E-state index contributed by atoms with van der Waals surface area (Å²) in [6, 6.07) is 25.3. The third kappa shape index (κ3) is 7.66. The molecule has 3 aromatic rings. The summed E-state index contributed by atoms with van der Waals surface area (Å²) in [6.07, 6.45) is 3.77. The fourth-order valence-corrected chi connectivity index (χ4v) is 5.83. The third-order valence-corrected chi connectivity index (χ3v) is 8.60. The van der Waals surface area contributed by atoms with Crippen LogP contribution in [0.1, 0.15) is 66.4 Å². The van der Waals surface area contributed by atoms with Gasteiger partial charge >= 0.3 is 5.97 Å². The number of carbonyl (C=O) groups is 2. The highest BCUT2D eigenvalue weighted by molar-refractivity contribution is 6.42. The van der Waals surface area contributed by atoms with Crippen molar-refractivity contribution in [2.45, 2.75) is 50.5 Å². The number of benzene rings is 3. The maximum absolute atomic E-state index is 13.1. The second kappa shape index (κ2) is 14.2. The normalized spacial score (nSPS) is 15.8. The standard InChI is InChI=1S/C33H38Cl2N2O3/c1-3-31(38)40-33(28-14-8-5-9-15-28)18-21-37(22-19-33)20-10-13-27(26-16-17-29(34)30(35)23-26)24-36(2)32(39)25-11-6-4-7-12-25/h4-9,11-12,14-17,23,27H,3,10,13,18-22,24H2,1-2H3. The summed E-state index contributed by atoms with van der Waals surface area (Å²) in [5.41, 5.74) is 2.27. The number of carbonyl (C=O) groups excluding carboxylic acids is 2. The Balaban J connectivity index is 1.39. The number of hydrogen-bond acceptors (Lipinski definition) is 4. The molecule has 1 aliphatic heterocycles. The number of halogens is 2. The summed E-state index contributed by atoms with van der Waals surface area (Å²) in [4.78, 5) is 29.6. The van der Waals surface area contributed by atoms with Gasteiger partial charge in [0.2, 0.25) is 0 Å². The number of likely N-dealkylation sites (N-methyl/N-ethyl adjacent to an activating group) is 1. The molecule has 1 heterocycles. The van der Waals surface area contributed by atoms with Crippen molar-refractivity contribution in [1.82, 2.24) is 9.80 Å². The van der Waals surface area contributed by atoms with Crippen LogP contribution >= 0.6 is 23.2 Å². The van der Waals surface area contributed by atoms with Gasteiger partial charge in [0.25, 0.3) is 5.91 Å². The van der Waals surface area contributed by atoms with E-state index in [1.165, 1.54) is 0 Å². The molecule has 212 valence electrons. The van der Waals surface area contributed by atoms with Crippen molar-refractivity contribution in [2.24, 2.45) is 0 Å². The van der Waals surface area contributed by atoms with E-state index in [1.807, 2.05) is 80.7 Å². The van der Waals surface area contributed by atoms with Gasteiger partial charge in [-0.05, 0) is 54.8 Å². The van der Waals surface area contributed by atoms with E-state index in [4.69, 9.17) is 27.9 Å².